The van der Waals surface area contributed by atoms with Gasteiger partial charge in [0.1, 0.15) is 0 Å². The van der Waals surface area contributed by atoms with Crippen molar-refractivity contribution in [2.24, 2.45) is 0 Å². The minimum absolute atomic E-state index is 0.257. The molecule has 2 aromatic heterocycles. The van der Waals surface area contributed by atoms with Gasteiger partial charge in [0.15, 0.2) is 0 Å². The number of aliphatic hydroxyl groups is 1. The van der Waals surface area contributed by atoms with Crippen LogP contribution in [0.15, 0.2) is 16.8 Å². The van der Waals surface area contributed by atoms with Crippen LogP contribution in [0, 0.1) is 0 Å². The molecule has 2 aromatic rings. The second-order valence-corrected chi connectivity index (χ2v) is 5.60. The molecule has 0 bridgehead atoms. The maximum atomic E-state index is 9.29. The molecule has 1 atom stereocenters. The van der Waals surface area contributed by atoms with E-state index in [1.54, 1.807) is 11.3 Å². The molecule has 0 saturated heterocycles. The molecule has 0 saturated carbocycles. The molecule has 0 spiro atoms. The van der Waals surface area contributed by atoms with Crippen molar-refractivity contribution in [2.45, 2.75) is 13.0 Å². The molecule has 0 aliphatic heterocycles. The zero-order chi connectivity index (χ0) is 7.84. The molecule has 3 heteroatoms. The van der Waals surface area contributed by atoms with Crippen molar-refractivity contribution in [3.8, 4) is 0 Å². The number of rotatable bonds is 1. The quantitative estimate of drug-likeness (QED) is 0.744. The van der Waals surface area contributed by atoms with E-state index in [1.165, 1.54) is 14.1 Å². The van der Waals surface area contributed by atoms with Gasteiger partial charge in [-0.15, -0.1) is 0 Å². The molecule has 0 aromatic carbocycles. The van der Waals surface area contributed by atoms with Gasteiger partial charge in [-0.3, -0.25) is 0 Å². The van der Waals surface area contributed by atoms with E-state index in [-0.39, 0.29) is 6.10 Å². The van der Waals surface area contributed by atoms with Crippen molar-refractivity contribution < 1.29 is 5.11 Å². The van der Waals surface area contributed by atoms with E-state index in [4.69, 9.17) is 0 Å². The molecule has 2 rings (SSSR count). The molecule has 0 aliphatic carbocycles. The Hall–Kier alpha value is -0.0805. The summed E-state index contributed by atoms with van der Waals surface area (Å²) in [5.74, 6) is 0. The molecule has 2 heterocycles. The Kier molecular flexibility index (Phi) is 1.90. The summed E-state index contributed by atoms with van der Waals surface area (Å²) < 4.78 is 2.63. The average Bonchev–Trinajstić information content (AvgIpc) is 2.40. The molecule has 0 aliphatic rings. The van der Waals surface area contributed by atoms with E-state index in [1.807, 2.05) is 6.92 Å². The monoisotopic (exact) mass is 232 g/mol. The Bertz CT molecular complexity index is 332. The molecule has 11 heavy (non-hydrogen) atoms. The van der Waals surface area contributed by atoms with Crippen LogP contribution in [-0.2, 0) is 0 Å². The third-order valence-electron chi connectivity index (χ3n) is 1.59. The fraction of sp³-hybridized carbons (Fsp3) is 0.250. The molecular formula is C8H8OSSe. The number of fused-ring (bicyclic) bond motifs is 1. The number of hydrogen-bond donors (Lipinski definition) is 1. The molecule has 1 unspecified atom stereocenters. The van der Waals surface area contributed by atoms with E-state index in [9.17, 15) is 5.11 Å². The van der Waals surface area contributed by atoms with Crippen LogP contribution in [0.4, 0.5) is 0 Å². The van der Waals surface area contributed by atoms with Gasteiger partial charge in [0.25, 0.3) is 0 Å². The minimum atomic E-state index is -0.257. The van der Waals surface area contributed by atoms with Crippen molar-refractivity contribution in [1.29, 1.82) is 0 Å². The van der Waals surface area contributed by atoms with Crippen LogP contribution in [0.25, 0.3) is 9.65 Å². The van der Waals surface area contributed by atoms with Gasteiger partial charge < -0.3 is 0 Å². The normalized spacial score (nSPS) is 14.0. The number of aliphatic hydroxyl groups excluding tert-OH is 1. The van der Waals surface area contributed by atoms with Crippen LogP contribution in [-0.4, -0.2) is 19.6 Å². The Morgan fingerprint density at radius 2 is 2.36 bits per heavy atom. The first-order valence-corrected chi connectivity index (χ1v) is 6.06. The van der Waals surface area contributed by atoms with Crippen molar-refractivity contribution in [3.05, 3.63) is 21.3 Å². The first-order chi connectivity index (χ1) is 5.27. The fourth-order valence-electron chi connectivity index (χ4n) is 0.999. The third kappa shape index (κ3) is 1.29. The van der Waals surface area contributed by atoms with Crippen LogP contribution in [0.3, 0.4) is 0 Å². The van der Waals surface area contributed by atoms with E-state index in [0.717, 1.165) is 0 Å². The fourth-order valence-corrected chi connectivity index (χ4v) is 4.31. The molecular weight excluding hydrogens is 223 g/mol. The summed E-state index contributed by atoms with van der Waals surface area (Å²) in [7, 11) is 0. The van der Waals surface area contributed by atoms with Crippen LogP contribution in [0.1, 0.15) is 17.5 Å². The van der Waals surface area contributed by atoms with Crippen molar-refractivity contribution in [2.75, 3.05) is 0 Å². The molecule has 58 valence electrons. The average molecular weight is 231 g/mol. The van der Waals surface area contributed by atoms with Gasteiger partial charge in [0.2, 0.25) is 0 Å². The Labute approximate surface area is 75.0 Å². The topological polar surface area (TPSA) is 20.2 Å². The Balaban J connectivity index is 2.58. The number of thiophene rings is 1. The molecule has 1 N–H and O–H groups in total. The van der Waals surface area contributed by atoms with Gasteiger partial charge in [-0.1, -0.05) is 0 Å². The van der Waals surface area contributed by atoms with Gasteiger partial charge in [-0.25, -0.2) is 0 Å². The molecule has 0 amide bonds. The van der Waals surface area contributed by atoms with Gasteiger partial charge in [-0.2, -0.15) is 0 Å². The summed E-state index contributed by atoms with van der Waals surface area (Å²) in [5, 5.41) is 14.9. The first-order valence-electron chi connectivity index (χ1n) is 3.41. The summed E-state index contributed by atoms with van der Waals surface area (Å²) in [6.45, 7) is 1.84. The standard InChI is InChI=1S/C8H8OSSe/c1-5(9)7-2-6-3-10-4-8(6)11-7/h2-5,9H,1H3. The SMILES string of the molecule is CC(O)c1cc2cscc2[se]1. The van der Waals surface area contributed by atoms with E-state index >= 15 is 0 Å². The summed E-state index contributed by atoms with van der Waals surface area (Å²) in [5.41, 5.74) is 0. The van der Waals surface area contributed by atoms with Gasteiger partial charge in [0.05, 0.1) is 0 Å². The second kappa shape index (κ2) is 2.76. The van der Waals surface area contributed by atoms with E-state index in [2.05, 4.69) is 16.8 Å². The Morgan fingerprint density at radius 1 is 1.55 bits per heavy atom. The van der Waals surface area contributed by atoms with E-state index < -0.39 is 0 Å². The third-order valence-corrected chi connectivity index (χ3v) is 5.35. The van der Waals surface area contributed by atoms with Crippen molar-refractivity contribution in [1.82, 2.24) is 0 Å². The van der Waals surface area contributed by atoms with Gasteiger partial charge >= 0.3 is 74.9 Å². The molecule has 0 radical (unpaired) electrons. The van der Waals surface area contributed by atoms with Crippen LogP contribution in [0.5, 0.6) is 0 Å². The van der Waals surface area contributed by atoms with E-state index in [0.29, 0.717) is 14.5 Å². The van der Waals surface area contributed by atoms with Crippen LogP contribution >= 0.6 is 11.3 Å². The van der Waals surface area contributed by atoms with Crippen LogP contribution in [0.2, 0.25) is 0 Å². The molecule has 0 fully saturated rings. The van der Waals surface area contributed by atoms with Crippen LogP contribution < -0.4 is 0 Å². The predicted octanol–water partition coefficient (Wildman–Crippen LogP) is 2.01. The Morgan fingerprint density at radius 3 is 3.00 bits per heavy atom. The van der Waals surface area contributed by atoms with Gasteiger partial charge in [-0.05, 0) is 0 Å². The summed E-state index contributed by atoms with van der Waals surface area (Å²) >= 11 is 2.14. The number of hydrogen-bond acceptors (Lipinski definition) is 2. The zero-order valence-electron chi connectivity index (χ0n) is 6.07. The summed E-state index contributed by atoms with van der Waals surface area (Å²) in [6, 6.07) is 2.12. The first kappa shape index (κ1) is 7.56. The maximum absolute atomic E-state index is 9.29. The molecule has 1 nitrogen and oxygen atoms in total. The van der Waals surface area contributed by atoms with Crippen molar-refractivity contribution in [3.63, 3.8) is 0 Å². The van der Waals surface area contributed by atoms with Gasteiger partial charge in [0, 0.05) is 0 Å². The summed E-state index contributed by atoms with van der Waals surface area (Å²) in [6.07, 6.45) is -0.257. The zero-order valence-corrected chi connectivity index (χ0v) is 8.60. The second-order valence-electron chi connectivity index (χ2n) is 2.52. The predicted molar refractivity (Wildman–Crippen MR) is 49.4 cm³/mol. The van der Waals surface area contributed by atoms with Crippen molar-refractivity contribution >= 4 is 35.5 Å². The summed E-state index contributed by atoms with van der Waals surface area (Å²) in [4.78, 5) is 0.